The number of carbonyl (C=O) groups is 2. The van der Waals surface area contributed by atoms with Crippen LogP contribution < -0.4 is 14.6 Å². The summed E-state index contributed by atoms with van der Waals surface area (Å²) in [7, 11) is 2.77. The molecule has 1 aromatic heterocycles. The van der Waals surface area contributed by atoms with Crippen LogP contribution in [0.5, 0.6) is 17.2 Å². The van der Waals surface area contributed by atoms with E-state index in [4.69, 9.17) is 19.0 Å². The molecule has 7 nitrogen and oxygen atoms in total. The Kier molecular flexibility index (Phi) is 5.69. The van der Waals surface area contributed by atoms with Crippen molar-refractivity contribution in [2.45, 2.75) is 0 Å². The van der Waals surface area contributed by atoms with Gasteiger partial charge >= 0.3 is 5.97 Å². The van der Waals surface area contributed by atoms with Gasteiger partial charge in [0.2, 0.25) is 5.76 Å². The Balaban J connectivity index is 1.78. The number of carboxylic acids is 1. The number of aromatic carboxylic acids is 1. The number of allylic oxidation sites excluding steroid dienone is 1. The van der Waals surface area contributed by atoms with Crippen LogP contribution in [0, 0.1) is 0 Å². The summed E-state index contributed by atoms with van der Waals surface area (Å²) in [5.74, 6) is -1.26. The predicted molar refractivity (Wildman–Crippen MR) is 103 cm³/mol. The fourth-order valence-electron chi connectivity index (χ4n) is 2.67. The summed E-state index contributed by atoms with van der Waals surface area (Å²) in [4.78, 5) is 23.3. The zero-order valence-electron chi connectivity index (χ0n) is 15.7. The van der Waals surface area contributed by atoms with E-state index in [9.17, 15) is 14.7 Å². The maximum Gasteiger partial charge on any atom is 0.371 e. The highest BCUT2D eigenvalue weighted by Crippen LogP contribution is 2.35. The van der Waals surface area contributed by atoms with Gasteiger partial charge in [-0.25, -0.2) is 4.79 Å². The van der Waals surface area contributed by atoms with Crippen molar-refractivity contribution >= 4 is 17.8 Å². The summed E-state index contributed by atoms with van der Waals surface area (Å²) >= 11 is 0. The summed E-state index contributed by atoms with van der Waals surface area (Å²) < 4.78 is 15.3. The monoisotopic (exact) mass is 393 g/mol. The molecule has 0 saturated heterocycles. The molecular formula is C22H17O7-. The molecule has 29 heavy (non-hydrogen) atoms. The molecule has 1 heterocycles. The molecule has 0 radical (unpaired) electrons. The minimum atomic E-state index is -1.15. The van der Waals surface area contributed by atoms with Crippen LogP contribution >= 0.6 is 0 Å². The van der Waals surface area contributed by atoms with E-state index in [1.807, 2.05) is 0 Å². The molecule has 7 heteroatoms. The second-order valence-corrected chi connectivity index (χ2v) is 6.00. The molecule has 0 bridgehead atoms. The number of methoxy groups -OCH3 is 2. The lowest BCUT2D eigenvalue weighted by Gasteiger charge is -2.17. The molecule has 148 valence electrons. The molecule has 0 spiro atoms. The molecule has 0 amide bonds. The van der Waals surface area contributed by atoms with Crippen LogP contribution in [0.1, 0.15) is 26.5 Å². The number of hydrogen-bond donors (Lipinski definition) is 1. The van der Waals surface area contributed by atoms with Gasteiger partial charge in [0.1, 0.15) is 17.3 Å². The van der Waals surface area contributed by atoms with Gasteiger partial charge in [-0.1, -0.05) is 30.3 Å². The number of ketones is 1. The maximum absolute atomic E-state index is 12.4. The summed E-state index contributed by atoms with van der Waals surface area (Å²) in [5.41, 5.74) is 1.67. The fourth-order valence-corrected chi connectivity index (χ4v) is 2.67. The van der Waals surface area contributed by atoms with Gasteiger partial charge in [-0.3, -0.25) is 4.79 Å². The van der Waals surface area contributed by atoms with Crippen LogP contribution in [-0.4, -0.2) is 31.1 Å². The Morgan fingerprint density at radius 1 is 1.00 bits per heavy atom. The van der Waals surface area contributed by atoms with E-state index in [0.29, 0.717) is 22.5 Å². The fraction of sp³-hybridized carbons (Fsp3) is 0.0909. The summed E-state index contributed by atoms with van der Waals surface area (Å²) in [6, 6.07) is 12.5. The molecule has 0 unspecified atom stereocenters. The number of rotatable bonds is 7. The van der Waals surface area contributed by atoms with Crippen molar-refractivity contribution in [3.05, 3.63) is 71.5 Å². The third-order valence-corrected chi connectivity index (χ3v) is 4.18. The van der Waals surface area contributed by atoms with Gasteiger partial charge < -0.3 is 24.1 Å². The van der Waals surface area contributed by atoms with Gasteiger partial charge in [0.25, 0.3) is 0 Å². The predicted octanol–water partition coefficient (Wildman–Crippen LogP) is 3.63. The Hall–Kier alpha value is -4.00. The lowest BCUT2D eigenvalue weighted by molar-refractivity contribution is -0.271. The van der Waals surface area contributed by atoms with Crippen molar-refractivity contribution in [2.75, 3.05) is 14.2 Å². The first-order chi connectivity index (χ1) is 13.9. The highest BCUT2D eigenvalue weighted by atomic mass is 16.5. The van der Waals surface area contributed by atoms with Crippen LogP contribution in [0.4, 0.5) is 0 Å². The Labute approximate surface area is 166 Å². The first-order valence-electron chi connectivity index (χ1n) is 8.52. The third-order valence-electron chi connectivity index (χ3n) is 4.18. The van der Waals surface area contributed by atoms with Gasteiger partial charge in [-0.15, -0.1) is 0 Å². The van der Waals surface area contributed by atoms with E-state index in [-0.39, 0.29) is 28.8 Å². The number of benzene rings is 2. The van der Waals surface area contributed by atoms with Crippen molar-refractivity contribution in [1.29, 1.82) is 0 Å². The van der Waals surface area contributed by atoms with E-state index in [0.717, 1.165) is 0 Å². The Morgan fingerprint density at radius 2 is 1.62 bits per heavy atom. The Morgan fingerprint density at radius 3 is 2.14 bits per heavy atom. The topological polar surface area (TPSA) is 109 Å². The highest BCUT2D eigenvalue weighted by molar-refractivity contribution is 6.07. The molecular weight excluding hydrogens is 376 g/mol. The number of furan rings is 1. The molecule has 3 aromatic rings. The van der Waals surface area contributed by atoms with Crippen molar-refractivity contribution in [3.63, 3.8) is 0 Å². The van der Waals surface area contributed by atoms with E-state index in [1.54, 1.807) is 36.4 Å². The number of carbonyl (C=O) groups excluding carboxylic acids is 1. The molecule has 1 N–H and O–H groups in total. The summed E-state index contributed by atoms with van der Waals surface area (Å²) in [6.07, 6.45) is 2.94. The number of hydrogen-bond acceptors (Lipinski definition) is 6. The molecule has 3 rings (SSSR count). The molecule has 0 saturated carbocycles. The third kappa shape index (κ3) is 4.30. The smallest absolute Gasteiger partial charge is 0.371 e. The lowest BCUT2D eigenvalue weighted by Crippen LogP contribution is -1.99. The minimum absolute atomic E-state index is 0.125. The Bertz CT molecular complexity index is 1050. The lowest BCUT2D eigenvalue weighted by atomic mass is 10.1. The van der Waals surface area contributed by atoms with Crippen molar-refractivity contribution < 1.29 is 33.7 Å². The second-order valence-electron chi connectivity index (χ2n) is 6.00. The second kappa shape index (κ2) is 8.35. The molecule has 0 aliphatic heterocycles. The molecule has 2 aromatic carbocycles. The van der Waals surface area contributed by atoms with Gasteiger partial charge in [-0.05, 0) is 41.7 Å². The normalized spacial score (nSPS) is 10.8. The van der Waals surface area contributed by atoms with Crippen LogP contribution in [0.2, 0.25) is 0 Å². The van der Waals surface area contributed by atoms with Gasteiger partial charge in [0, 0.05) is 11.1 Å². The van der Waals surface area contributed by atoms with Crippen molar-refractivity contribution in [2.24, 2.45) is 0 Å². The first-order valence-corrected chi connectivity index (χ1v) is 8.52. The average molecular weight is 393 g/mol. The van der Waals surface area contributed by atoms with E-state index < -0.39 is 5.97 Å². The highest BCUT2D eigenvalue weighted by Gasteiger charge is 2.11. The van der Waals surface area contributed by atoms with Crippen LogP contribution in [0.15, 0.2) is 59.0 Å². The van der Waals surface area contributed by atoms with E-state index in [2.05, 4.69) is 0 Å². The molecule has 0 fully saturated rings. The zero-order chi connectivity index (χ0) is 21.0. The quantitative estimate of drug-likeness (QED) is 0.482. The van der Waals surface area contributed by atoms with Crippen molar-refractivity contribution in [3.8, 4) is 28.6 Å². The number of ether oxygens (including phenoxy) is 2. The van der Waals surface area contributed by atoms with Crippen LogP contribution in [-0.2, 0) is 0 Å². The standard InChI is InChI=1S/C22H18O7/c1-27-19-11-13(12-20(28-2)21(19)24)3-8-16(23)14-4-6-15(7-5-14)17-9-10-18(29-17)22(25)26/h3-12,24H,1-2H3,(H,25,26)/p-1/b8-3+. The van der Waals surface area contributed by atoms with Gasteiger partial charge in [0.15, 0.2) is 5.78 Å². The summed E-state index contributed by atoms with van der Waals surface area (Å²) in [6.45, 7) is 0. The maximum atomic E-state index is 12.4. The molecule has 0 aliphatic carbocycles. The summed E-state index contributed by atoms with van der Waals surface area (Å²) in [5, 5.41) is 20.9. The van der Waals surface area contributed by atoms with Crippen LogP contribution in [0.3, 0.4) is 0 Å². The largest absolute Gasteiger partial charge is 0.867 e. The van der Waals surface area contributed by atoms with Crippen molar-refractivity contribution in [1.82, 2.24) is 0 Å². The van der Waals surface area contributed by atoms with E-state index >= 15 is 0 Å². The zero-order valence-corrected chi connectivity index (χ0v) is 15.7. The van der Waals surface area contributed by atoms with Gasteiger partial charge in [0.05, 0.1) is 14.2 Å². The average Bonchev–Trinajstić information content (AvgIpc) is 3.23. The molecule has 0 aliphatic rings. The van der Waals surface area contributed by atoms with E-state index in [1.165, 1.54) is 38.5 Å². The van der Waals surface area contributed by atoms with Crippen LogP contribution in [0.25, 0.3) is 17.4 Å². The minimum Gasteiger partial charge on any atom is -0.867 e. The number of carboxylic acid groups (broad SMARTS) is 1. The van der Waals surface area contributed by atoms with Gasteiger partial charge in [-0.2, -0.15) is 0 Å². The SMILES string of the molecule is COc1cc(/C=C/C(=O)c2ccc(-c3ccc(C(=O)O)o3)cc2)cc(OC)c1[O-]. The first kappa shape index (κ1) is 19.8. The molecule has 0 atom stereocenters.